The molecule has 2 N–H and O–H groups in total. The minimum absolute atomic E-state index is 0.256. The number of hydrogen-bond donors (Lipinski definition) is 2. The fourth-order valence-electron chi connectivity index (χ4n) is 4.55. The molecule has 1 spiro atoms. The SMILES string of the molecule is COc1cccc(C2=CC3c4cc(Br)ccc4OC4(C(=O)Nc5ccc(Cl)cc54)N3N2)c1. The average Bonchev–Trinajstić information content (AvgIpc) is 3.36. The van der Waals surface area contributed by atoms with Gasteiger partial charge in [0.1, 0.15) is 11.5 Å². The van der Waals surface area contributed by atoms with E-state index < -0.39 is 5.72 Å². The molecule has 0 aromatic heterocycles. The Morgan fingerprint density at radius 1 is 1.16 bits per heavy atom. The molecule has 0 radical (unpaired) electrons. The van der Waals surface area contributed by atoms with Crippen molar-refractivity contribution in [1.29, 1.82) is 0 Å². The minimum Gasteiger partial charge on any atom is -0.497 e. The molecule has 2 atom stereocenters. The number of fused-ring (bicyclic) bond motifs is 6. The molecule has 0 saturated carbocycles. The van der Waals surface area contributed by atoms with Crippen LogP contribution in [0.2, 0.25) is 5.02 Å². The van der Waals surface area contributed by atoms with Crippen molar-refractivity contribution in [3.8, 4) is 11.5 Å². The van der Waals surface area contributed by atoms with Gasteiger partial charge in [0, 0.05) is 26.2 Å². The van der Waals surface area contributed by atoms with Gasteiger partial charge in [-0.25, -0.2) is 0 Å². The van der Waals surface area contributed by atoms with Crippen molar-refractivity contribution >= 4 is 44.8 Å². The van der Waals surface area contributed by atoms with Crippen LogP contribution in [0.4, 0.5) is 5.69 Å². The lowest BCUT2D eigenvalue weighted by Gasteiger charge is -2.44. The first-order valence-corrected chi connectivity index (χ1v) is 11.2. The zero-order valence-electron chi connectivity index (χ0n) is 16.9. The third-order valence-electron chi connectivity index (χ3n) is 6.01. The van der Waals surface area contributed by atoms with E-state index in [0.717, 1.165) is 27.0 Å². The zero-order chi connectivity index (χ0) is 22.0. The number of hydrogen-bond acceptors (Lipinski definition) is 5. The number of halogens is 2. The highest BCUT2D eigenvalue weighted by molar-refractivity contribution is 9.10. The standard InChI is InChI=1S/C24H17BrClN3O3/c1-31-16-4-2-3-13(9-16)20-12-21-17-10-14(25)5-8-22(17)32-24(29(21)28-20)18-11-15(26)6-7-19(18)27-23(24)30/h2-12,21,28H,1H3,(H,27,30). The van der Waals surface area contributed by atoms with Crippen LogP contribution in [0.25, 0.3) is 5.70 Å². The maximum atomic E-state index is 13.5. The number of benzene rings is 3. The molecule has 160 valence electrons. The molecule has 0 aliphatic carbocycles. The maximum Gasteiger partial charge on any atom is 0.291 e. The lowest BCUT2D eigenvalue weighted by Crippen LogP contribution is -2.60. The summed E-state index contributed by atoms with van der Waals surface area (Å²) >= 11 is 9.89. The molecule has 3 heterocycles. The van der Waals surface area contributed by atoms with E-state index >= 15 is 0 Å². The fourth-order valence-corrected chi connectivity index (χ4v) is 5.10. The first kappa shape index (κ1) is 19.7. The molecule has 3 aromatic carbocycles. The van der Waals surface area contributed by atoms with Gasteiger partial charge in [0.25, 0.3) is 11.6 Å². The molecule has 0 saturated heterocycles. The molecule has 8 heteroatoms. The number of amides is 1. The summed E-state index contributed by atoms with van der Waals surface area (Å²) in [6, 6.07) is 18.6. The third-order valence-corrected chi connectivity index (χ3v) is 6.74. The van der Waals surface area contributed by atoms with Crippen LogP contribution in [0.5, 0.6) is 11.5 Å². The van der Waals surface area contributed by atoms with E-state index in [1.54, 1.807) is 25.3 Å². The summed E-state index contributed by atoms with van der Waals surface area (Å²) in [6.07, 6.45) is 2.10. The van der Waals surface area contributed by atoms with Gasteiger partial charge in [0.2, 0.25) is 0 Å². The highest BCUT2D eigenvalue weighted by Gasteiger charge is 2.60. The zero-order valence-corrected chi connectivity index (χ0v) is 19.2. The third kappa shape index (κ3) is 2.71. The van der Waals surface area contributed by atoms with Crippen molar-refractivity contribution in [3.05, 3.63) is 92.9 Å². The number of rotatable bonds is 2. The topological polar surface area (TPSA) is 62.8 Å². The predicted molar refractivity (Wildman–Crippen MR) is 125 cm³/mol. The smallest absolute Gasteiger partial charge is 0.291 e. The monoisotopic (exact) mass is 509 g/mol. The Morgan fingerprint density at radius 3 is 2.88 bits per heavy atom. The second-order valence-corrected chi connectivity index (χ2v) is 9.16. The summed E-state index contributed by atoms with van der Waals surface area (Å²) in [5.41, 5.74) is 6.11. The van der Waals surface area contributed by atoms with Gasteiger partial charge in [-0.2, -0.15) is 5.01 Å². The van der Waals surface area contributed by atoms with E-state index in [9.17, 15) is 4.79 Å². The molecule has 3 aliphatic heterocycles. The van der Waals surface area contributed by atoms with Crippen LogP contribution in [-0.4, -0.2) is 18.0 Å². The minimum atomic E-state index is -1.41. The normalized spacial score (nSPS) is 22.9. The van der Waals surface area contributed by atoms with Crippen LogP contribution in [0, 0.1) is 0 Å². The number of methoxy groups -OCH3 is 1. The van der Waals surface area contributed by atoms with Crippen LogP contribution in [-0.2, 0) is 10.5 Å². The van der Waals surface area contributed by atoms with E-state index in [4.69, 9.17) is 21.1 Å². The molecule has 1 amide bonds. The number of ether oxygens (including phenoxy) is 2. The molecule has 2 unspecified atom stereocenters. The van der Waals surface area contributed by atoms with Crippen LogP contribution in [0.3, 0.4) is 0 Å². The van der Waals surface area contributed by atoms with Gasteiger partial charge in [-0.05, 0) is 54.6 Å². The van der Waals surface area contributed by atoms with Gasteiger partial charge in [0.05, 0.1) is 24.5 Å². The number of anilines is 1. The summed E-state index contributed by atoms with van der Waals surface area (Å²) < 4.78 is 12.8. The van der Waals surface area contributed by atoms with E-state index in [-0.39, 0.29) is 11.9 Å². The van der Waals surface area contributed by atoms with E-state index in [1.165, 1.54) is 0 Å². The molecule has 3 aromatic rings. The Kier molecular flexibility index (Phi) is 4.30. The van der Waals surface area contributed by atoms with E-state index in [1.807, 2.05) is 47.5 Å². The van der Waals surface area contributed by atoms with Crippen LogP contribution in [0.1, 0.15) is 22.7 Å². The Labute approximate surface area is 197 Å². The molecular formula is C24H17BrClN3O3. The fraction of sp³-hybridized carbons (Fsp3) is 0.125. The predicted octanol–water partition coefficient (Wildman–Crippen LogP) is 5.21. The van der Waals surface area contributed by atoms with Gasteiger partial charge in [-0.15, -0.1) is 0 Å². The van der Waals surface area contributed by atoms with Gasteiger partial charge in [-0.3, -0.25) is 4.79 Å². The second-order valence-electron chi connectivity index (χ2n) is 7.81. The largest absolute Gasteiger partial charge is 0.497 e. The average molecular weight is 511 g/mol. The molecule has 32 heavy (non-hydrogen) atoms. The van der Waals surface area contributed by atoms with E-state index in [0.29, 0.717) is 22.0 Å². The Bertz CT molecular complexity index is 1330. The van der Waals surface area contributed by atoms with Gasteiger partial charge in [0.15, 0.2) is 0 Å². The molecule has 0 fully saturated rings. The molecule has 0 bridgehead atoms. The Hall–Kier alpha value is -3.00. The van der Waals surface area contributed by atoms with Gasteiger partial charge < -0.3 is 20.2 Å². The lowest BCUT2D eigenvalue weighted by molar-refractivity contribution is -0.165. The van der Waals surface area contributed by atoms with Gasteiger partial charge >= 0.3 is 0 Å². The van der Waals surface area contributed by atoms with Crippen molar-refractivity contribution < 1.29 is 14.3 Å². The number of nitrogens with zero attached hydrogens (tertiary/aromatic N) is 1. The highest BCUT2D eigenvalue weighted by Crippen LogP contribution is 2.53. The first-order valence-electron chi connectivity index (χ1n) is 10.0. The molecule has 6 nitrogen and oxygen atoms in total. The van der Waals surface area contributed by atoms with Crippen molar-refractivity contribution in [2.45, 2.75) is 11.8 Å². The van der Waals surface area contributed by atoms with Crippen molar-refractivity contribution in [2.75, 3.05) is 12.4 Å². The Balaban J connectivity index is 1.55. The number of hydrazine groups is 1. The quantitative estimate of drug-likeness (QED) is 0.496. The summed E-state index contributed by atoms with van der Waals surface area (Å²) in [6.45, 7) is 0. The lowest BCUT2D eigenvalue weighted by atomic mass is 9.95. The van der Waals surface area contributed by atoms with Crippen LogP contribution < -0.4 is 20.2 Å². The number of nitrogens with one attached hydrogen (secondary N) is 2. The summed E-state index contributed by atoms with van der Waals surface area (Å²) in [5.74, 6) is 1.11. The summed E-state index contributed by atoms with van der Waals surface area (Å²) in [4.78, 5) is 13.5. The van der Waals surface area contributed by atoms with Crippen molar-refractivity contribution in [2.24, 2.45) is 0 Å². The Morgan fingerprint density at radius 2 is 2.03 bits per heavy atom. The van der Waals surface area contributed by atoms with Crippen LogP contribution >= 0.6 is 27.5 Å². The first-order chi connectivity index (χ1) is 15.5. The highest BCUT2D eigenvalue weighted by atomic mass is 79.9. The molecular weight excluding hydrogens is 494 g/mol. The summed E-state index contributed by atoms with van der Waals surface area (Å²) in [7, 11) is 1.64. The van der Waals surface area contributed by atoms with Crippen LogP contribution in [0.15, 0.2) is 71.2 Å². The molecule has 3 aliphatic rings. The second kappa shape index (κ2) is 7.00. The number of carbonyl (C=O) groups is 1. The summed E-state index contributed by atoms with van der Waals surface area (Å²) in [5, 5.41) is 5.34. The van der Waals surface area contributed by atoms with Crippen molar-refractivity contribution in [1.82, 2.24) is 10.4 Å². The van der Waals surface area contributed by atoms with E-state index in [2.05, 4.69) is 32.7 Å². The maximum absolute atomic E-state index is 13.5. The molecule has 6 rings (SSSR count). The van der Waals surface area contributed by atoms with Gasteiger partial charge in [-0.1, -0.05) is 39.7 Å². The van der Waals surface area contributed by atoms with Crippen molar-refractivity contribution in [3.63, 3.8) is 0 Å². The number of carbonyl (C=O) groups excluding carboxylic acids is 1.